The molecule has 0 saturated carbocycles. The van der Waals surface area contributed by atoms with Crippen molar-refractivity contribution in [2.24, 2.45) is 10.1 Å². The number of hydrogen-bond donors (Lipinski definition) is 1. The van der Waals surface area contributed by atoms with Gasteiger partial charge in [-0.25, -0.2) is 0 Å². The highest BCUT2D eigenvalue weighted by Gasteiger charge is 2.37. The molecule has 4 heterocycles. The van der Waals surface area contributed by atoms with Gasteiger partial charge in [-0.1, -0.05) is 6.07 Å². The van der Waals surface area contributed by atoms with Crippen LogP contribution in [0.1, 0.15) is 25.0 Å². The number of amides is 1. The molecule has 0 bridgehead atoms. The van der Waals surface area contributed by atoms with E-state index in [2.05, 4.69) is 15.0 Å². The van der Waals surface area contributed by atoms with Crippen LogP contribution >= 0.6 is 11.8 Å². The van der Waals surface area contributed by atoms with Crippen molar-refractivity contribution in [1.82, 2.24) is 14.5 Å². The van der Waals surface area contributed by atoms with Crippen molar-refractivity contribution in [2.45, 2.75) is 25.8 Å². The summed E-state index contributed by atoms with van der Waals surface area (Å²) in [6.07, 6.45) is 7.11. The molecule has 10 heteroatoms. The van der Waals surface area contributed by atoms with Gasteiger partial charge in [-0.05, 0) is 61.4 Å². The summed E-state index contributed by atoms with van der Waals surface area (Å²) in [5, 5.41) is 16.0. The van der Waals surface area contributed by atoms with Crippen molar-refractivity contribution in [3.8, 4) is 11.5 Å². The second-order valence-corrected chi connectivity index (χ2v) is 9.04. The fourth-order valence-corrected chi connectivity index (χ4v) is 5.00. The van der Waals surface area contributed by atoms with E-state index in [1.54, 1.807) is 13.2 Å². The minimum atomic E-state index is -0.417. The molecule has 34 heavy (non-hydrogen) atoms. The molecule has 2 aromatic rings. The molecule has 0 unspecified atom stereocenters. The van der Waals surface area contributed by atoms with Gasteiger partial charge in [-0.3, -0.25) is 10.2 Å². The molecule has 3 aliphatic rings. The van der Waals surface area contributed by atoms with Crippen LogP contribution in [0.4, 0.5) is 0 Å². The fraction of sp³-hybridized carbons (Fsp3) is 0.333. The number of hydrazone groups is 1. The van der Waals surface area contributed by atoms with E-state index in [-0.39, 0.29) is 11.4 Å². The van der Waals surface area contributed by atoms with Gasteiger partial charge in [0, 0.05) is 31.0 Å². The van der Waals surface area contributed by atoms with E-state index in [4.69, 9.17) is 14.9 Å². The second kappa shape index (κ2) is 9.76. The molecule has 1 saturated heterocycles. The zero-order valence-corrected chi connectivity index (χ0v) is 19.8. The predicted octanol–water partition coefficient (Wildman–Crippen LogP) is 3.64. The summed E-state index contributed by atoms with van der Waals surface area (Å²) in [4.78, 5) is 19.2. The van der Waals surface area contributed by atoms with Gasteiger partial charge in [0.15, 0.2) is 11.0 Å². The first kappa shape index (κ1) is 22.3. The minimum Gasteiger partial charge on any atom is -0.497 e. The summed E-state index contributed by atoms with van der Waals surface area (Å²) >= 11 is 1.37. The lowest BCUT2D eigenvalue weighted by Crippen LogP contribution is -2.35. The quantitative estimate of drug-likeness (QED) is 0.637. The van der Waals surface area contributed by atoms with Crippen molar-refractivity contribution in [3.05, 3.63) is 53.9 Å². The first-order valence-corrected chi connectivity index (χ1v) is 12.1. The number of fused-ring (bicyclic) bond motifs is 1. The topological polar surface area (TPSA) is 95.5 Å². The summed E-state index contributed by atoms with van der Waals surface area (Å²) in [5.41, 5.74) is 1.02. The summed E-state index contributed by atoms with van der Waals surface area (Å²) in [6.45, 7) is 2.92. The van der Waals surface area contributed by atoms with Crippen molar-refractivity contribution in [3.63, 3.8) is 0 Å². The molecule has 5 rings (SSSR count). The van der Waals surface area contributed by atoms with Gasteiger partial charge in [0.05, 0.1) is 19.2 Å². The number of aromatic nitrogens is 1. The molecule has 1 amide bonds. The third-order valence-electron chi connectivity index (χ3n) is 5.87. The molecular weight excluding hydrogens is 452 g/mol. The van der Waals surface area contributed by atoms with Crippen LogP contribution in [-0.4, -0.2) is 63.4 Å². The lowest BCUT2D eigenvalue weighted by molar-refractivity contribution is -0.114. The number of carbonyl (C=O) groups is 1. The van der Waals surface area contributed by atoms with E-state index in [1.807, 2.05) is 47.2 Å². The third kappa shape index (κ3) is 4.58. The van der Waals surface area contributed by atoms with Crippen molar-refractivity contribution >= 4 is 39.9 Å². The molecule has 0 spiro atoms. The van der Waals surface area contributed by atoms with Crippen LogP contribution in [0.3, 0.4) is 0 Å². The lowest BCUT2D eigenvalue weighted by Gasteiger charge is -2.26. The Labute approximate surface area is 202 Å². The van der Waals surface area contributed by atoms with Crippen LogP contribution in [0.15, 0.2) is 58.3 Å². The van der Waals surface area contributed by atoms with E-state index < -0.39 is 5.91 Å². The maximum absolute atomic E-state index is 12.8. The van der Waals surface area contributed by atoms with E-state index in [0.717, 1.165) is 48.3 Å². The van der Waals surface area contributed by atoms with Crippen LogP contribution in [-0.2, 0) is 11.3 Å². The van der Waals surface area contributed by atoms with Gasteiger partial charge in [0.2, 0.25) is 5.17 Å². The second-order valence-electron chi connectivity index (χ2n) is 8.10. The zero-order chi connectivity index (χ0) is 23.5. The number of nitrogens with one attached hydrogen (secondary N) is 1. The van der Waals surface area contributed by atoms with Crippen LogP contribution in [0.25, 0.3) is 6.08 Å². The Morgan fingerprint density at radius 3 is 2.76 bits per heavy atom. The third-order valence-corrected chi connectivity index (χ3v) is 6.84. The number of methoxy groups -OCH3 is 1. The van der Waals surface area contributed by atoms with Crippen molar-refractivity contribution < 1.29 is 14.3 Å². The van der Waals surface area contributed by atoms with Gasteiger partial charge in [0.1, 0.15) is 18.1 Å². The van der Waals surface area contributed by atoms with Crippen LogP contribution in [0.2, 0.25) is 0 Å². The average Bonchev–Trinajstić information content (AvgIpc) is 3.49. The molecule has 1 aromatic carbocycles. The first-order valence-electron chi connectivity index (χ1n) is 11.3. The molecule has 1 fully saturated rings. The molecule has 0 aliphatic carbocycles. The number of likely N-dealkylation sites (tertiary alicyclic amines) is 1. The highest BCUT2D eigenvalue weighted by molar-refractivity contribution is 8.26. The van der Waals surface area contributed by atoms with Gasteiger partial charge in [0.25, 0.3) is 5.91 Å². The number of benzene rings is 1. The Morgan fingerprint density at radius 1 is 1.12 bits per heavy atom. The molecule has 3 aliphatic heterocycles. The highest BCUT2D eigenvalue weighted by Crippen LogP contribution is 2.30. The molecule has 9 nitrogen and oxygen atoms in total. The maximum atomic E-state index is 12.8. The first-order chi connectivity index (χ1) is 16.6. The Balaban J connectivity index is 1.29. The lowest BCUT2D eigenvalue weighted by atomic mass is 10.1. The smallest absolute Gasteiger partial charge is 0.283 e. The predicted molar refractivity (Wildman–Crippen MR) is 133 cm³/mol. The summed E-state index contributed by atoms with van der Waals surface area (Å²) in [6, 6.07) is 11.3. The Bertz CT molecular complexity index is 1190. The number of piperidine rings is 1. The van der Waals surface area contributed by atoms with Gasteiger partial charge in [-0.2, -0.15) is 10.0 Å². The number of aliphatic imine (C=N–C) groups is 1. The number of carbonyl (C=O) groups excluding carboxylic acids is 1. The van der Waals surface area contributed by atoms with Crippen molar-refractivity contribution in [1.29, 1.82) is 5.41 Å². The molecule has 176 valence electrons. The van der Waals surface area contributed by atoms with Gasteiger partial charge >= 0.3 is 0 Å². The van der Waals surface area contributed by atoms with Crippen molar-refractivity contribution in [2.75, 3.05) is 26.8 Å². The number of thioether (sulfide) groups is 1. The van der Waals surface area contributed by atoms with Gasteiger partial charge < -0.3 is 18.9 Å². The Morgan fingerprint density at radius 2 is 1.94 bits per heavy atom. The summed E-state index contributed by atoms with van der Waals surface area (Å²) < 4.78 is 13.1. The largest absolute Gasteiger partial charge is 0.497 e. The number of rotatable bonds is 6. The molecule has 0 atom stereocenters. The average molecular weight is 479 g/mol. The number of ether oxygens (including phenoxy) is 2. The zero-order valence-electron chi connectivity index (χ0n) is 18.9. The monoisotopic (exact) mass is 478 g/mol. The summed E-state index contributed by atoms with van der Waals surface area (Å²) in [7, 11) is 1.62. The number of hydrogen-bond acceptors (Lipinski definition) is 7. The van der Waals surface area contributed by atoms with Crippen LogP contribution in [0.5, 0.6) is 11.5 Å². The van der Waals surface area contributed by atoms with Crippen LogP contribution in [0, 0.1) is 5.41 Å². The molecule has 1 N–H and O–H groups in total. The number of amidine groups is 3. The number of nitrogens with zero attached hydrogens (tertiary/aromatic N) is 5. The summed E-state index contributed by atoms with van der Waals surface area (Å²) in [5.74, 6) is 1.10. The maximum Gasteiger partial charge on any atom is 0.283 e. The van der Waals surface area contributed by atoms with E-state index in [1.165, 1.54) is 23.2 Å². The van der Waals surface area contributed by atoms with E-state index in [9.17, 15) is 4.79 Å². The SMILES string of the molecule is COc1cccc(OCCn2cccc2/C=C2\C(=N)N3N=C(N4CCCCC4)SC3=NC2=O)c1. The van der Waals surface area contributed by atoms with E-state index >= 15 is 0 Å². The van der Waals surface area contributed by atoms with Gasteiger partial charge in [-0.15, -0.1) is 5.10 Å². The molecule has 0 radical (unpaired) electrons. The fourth-order valence-electron chi connectivity index (χ4n) is 4.06. The Hall–Kier alpha value is -3.53. The Kier molecular flexibility index (Phi) is 6.39. The van der Waals surface area contributed by atoms with E-state index in [0.29, 0.717) is 18.3 Å². The molecular formula is C24H26N6O3S. The molecule has 1 aromatic heterocycles. The normalized spacial score (nSPS) is 19.3. The standard InChI is InChI=1S/C24H26N6O3S/c1-32-18-8-5-9-19(16-18)33-14-13-28-12-6-7-17(28)15-20-21(25)30-23(26-22(20)31)34-24(27-30)29-10-3-2-4-11-29/h5-9,12,15-16,25H,2-4,10-11,13-14H2,1H3/b20-15+,25-21?. The minimum absolute atomic E-state index is 0.0508. The van der Waals surface area contributed by atoms with Crippen LogP contribution < -0.4 is 9.47 Å². The highest BCUT2D eigenvalue weighted by atomic mass is 32.2.